The lowest BCUT2D eigenvalue weighted by atomic mass is 9.87. The number of anilines is 1. The number of aromatic nitrogens is 2. The van der Waals surface area contributed by atoms with Crippen molar-refractivity contribution in [1.29, 1.82) is 0 Å². The van der Waals surface area contributed by atoms with Crippen LogP contribution in [0.15, 0.2) is 0 Å². The summed E-state index contributed by atoms with van der Waals surface area (Å²) < 4.78 is 8.25. The molecule has 1 aromatic heterocycles. The van der Waals surface area contributed by atoms with Gasteiger partial charge in [0.05, 0.1) is 7.11 Å². The quantitative estimate of drug-likeness (QED) is 0.857. The van der Waals surface area contributed by atoms with Gasteiger partial charge in [-0.15, -0.1) is 5.10 Å². The van der Waals surface area contributed by atoms with Crippen molar-refractivity contribution < 1.29 is 14.3 Å². The maximum atomic E-state index is 11.9. The van der Waals surface area contributed by atoms with Gasteiger partial charge in [-0.05, 0) is 18.8 Å². The highest BCUT2D eigenvalue weighted by Gasteiger charge is 2.21. The van der Waals surface area contributed by atoms with Crippen LogP contribution in [0.25, 0.3) is 0 Å². The standard InChI is InChI=1S/C12H17N3O3S/c1-18-12(17)10-11(19-15-14-10)13-9(16)7-8-5-3-2-4-6-8/h8H,2-7H2,1H3,(H,13,16). The smallest absolute Gasteiger partial charge is 0.361 e. The maximum absolute atomic E-state index is 11.9. The Kier molecular flexibility index (Phi) is 4.84. The van der Waals surface area contributed by atoms with Gasteiger partial charge in [0, 0.05) is 18.0 Å². The van der Waals surface area contributed by atoms with Crippen LogP contribution in [0.3, 0.4) is 0 Å². The molecule has 0 spiro atoms. The van der Waals surface area contributed by atoms with Crippen molar-refractivity contribution in [3.8, 4) is 0 Å². The summed E-state index contributed by atoms with van der Waals surface area (Å²) in [5.74, 6) is -0.207. The van der Waals surface area contributed by atoms with Gasteiger partial charge in [0.25, 0.3) is 0 Å². The van der Waals surface area contributed by atoms with E-state index in [1.165, 1.54) is 26.4 Å². The number of carbonyl (C=O) groups is 2. The summed E-state index contributed by atoms with van der Waals surface area (Å²) in [6, 6.07) is 0. The van der Waals surface area contributed by atoms with E-state index >= 15 is 0 Å². The Morgan fingerprint density at radius 1 is 1.37 bits per heavy atom. The van der Waals surface area contributed by atoms with Gasteiger partial charge < -0.3 is 10.1 Å². The second-order valence-electron chi connectivity index (χ2n) is 4.70. The number of methoxy groups -OCH3 is 1. The van der Waals surface area contributed by atoms with Crippen LogP contribution in [0.2, 0.25) is 0 Å². The topological polar surface area (TPSA) is 81.2 Å². The van der Waals surface area contributed by atoms with Crippen LogP contribution < -0.4 is 5.32 Å². The molecule has 0 aromatic carbocycles. The van der Waals surface area contributed by atoms with Crippen LogP contribution in [0.1, 0.15) is 49.0 Å². The molecule has 1 fully saturated rings. The molecular formula is C12H17N3O3S. The van der Waals surface area contributed by atoms with Crippen molar-refractivity contribution in [2.75, 3.05) is 12.4 Å². The molecule has 19 heavy (non-hydrogen) atoms. The number of nitrogens with one attached hydrogen (secondary N) is 1. The average Bonchev–Trinajstić information content (AvgIpc) is 2.87. The van der Waals surface area contributed by atoms with Crippen LogP contribution in [0, 0.1) is 5.92 Å². The van der Waals surface area contributed by atoms with Crippen LogP contribution in [-0.4, -0.2) is 28.6 Å². The van der Waals surface area contributed by atoms with Crippen molar-refractivity contribution in [3.63, 3.8) is 0 Å². The number of hydrogen-bond acceptors (Lipinski definition) is 6. The fourth-order valence-corrected chi connectivity index (χ4v) is 2.91. The lowest BCUT2D eigenvalue weighted by molar-refractivity contribution is -0.117. The van der Waals surface area contributed by atoms with Crippen molar-refractivity contribution in [1.82, 2.24) is 9.59 Å². The number of ether oxygens (including phenoxy) is 1. The molecule has 1 heterocycles. The van der Waals surface area contributed by atoms with Gasteiger partial charge in [-0.25, -0.2) is 4.79 Å². The van der Waals surface area contributed by atoms with E-state index in [0.29, 0.717) is 17.3 Å². The minimum atomic E-state index is -0.582. The summed E-state index contributed by atoms with van der Waals surface area (Å²) in [5, 5.41) is 6.74. The van der Waals surface area contributed by atoms with Gasteiger partial charge in [0.2, 0.25) is 11.6 Å². The van der Waals surface area contributed by atoms with E-state index in [-0.39, 0.29) is 11.6 Å². The maximum Gasteiger partial charge on any atom is 0.361 e. The molecular weight excluding hydrogens is 266 g/mol. The molecule has 1 saturated carbocycles. The summed E-state index contributed by atoms with van der Waals surface area (Å²) in [6.45, 7) is 0. The van der Waals surface area contributed by atoms with E-state index in [2.05, 4.69) is 19.6 Å². The zero-order valence-corrected chi connectivity index (χ0v) is 11.7. The second kappa shape index (κ2) is 6.60. The summed E-state index contributed by atoms with van der Waals surface area (Å²) in [5.41, 5.74) is 0.0736. The Morgan fingerprint density at radius 2 is 2.11 bits per heavy atom. The molecule has 1 amide bonds. The molecule has 0 aliphatic heterocycles. The van der Waals surface area contributed by atoms with Gasteiger partial charge in [0.1, 0.15) is 0 Å². The minimum absolute atomic E-state index is 0.0736. The molecule has 0 bridgehead atoms. The van der Waals surface area contributed by atoms with E-state index < -0.39 is 5.97 Å². The van der Waals surface area contributed by atoms with Crippen molar-refractivity contribution >= 4 is 28.4 Å². The molecule has 1 aliphatic rings. The first-order valence-electron chi connectivity index (χ1n) is 6.41. The minimum Gasteiger partial charge on any atom is -0.464 e. The van der Waals surface area contributed by atoms with Gasteiger partial charge in [0.15, 0.2) is 5.00 Å². The summed E-state index contributed by atoms with van der Waals surface area (Å²) in [4.78, 5) is 23.3. The zero-order valence-electron chi connectivity index (χ0n) is 10.8. The average molecular weight is 283 g/mol. The molecule has 0 unspecified atom stereocenters. The first-order valence-corrected chi connectivity index (χ1v) is 7.18. The third-order valence-electron chi connectivity index (χ3n) is 3.32. The highest BCUT2D eigenvalue weighted by Crippen LogP contribution is 2.27. The molecule has 0 atom stereocenters. The molecule has 0 radical (unpaired) electrons. The third kappa shape index (κ3) is 3.73. The van der Waals surface area contributed by atoms with E-state index in [4.69, 9.17) is 0 Å². The van der Waals surface area contributed by atoms with Crippen LogP contribution in [-0.2, 0) is 9.53 Å². The number of esters is 1. The number of amides is 1. The lowest BCUT2D eigenvalue weighted by Gasteiger charge is -2.20. The fourth-order valence-electron chi connectivity index (χ4n) is 2.33. The first-order chi connectivity index (χ1) is 9.20. The largest absolute Gasteiger partial charge is 0.464 e. The predicted molar refractivity (Wildman–Crippen MR) is 71.1 cm³/mol. The van der Waals surface area contributed by atoms with Gasteiger partial charge >= 0.3 is 5.97 Å². The van der Waals surface area contributed by atoms with Crippen molar-refractivity contribution in [2.45, 2.75) is 38.5 Å². The normalized spacial score (nSPS) is 16.1. The van der Waals surface area contributed by atoms with Crippen molar-refractivity contribution in [2.24, 2.45) is 5.92 Å². The zero-order chi connectivity index (χ0) is 13.7. The Hall–Kier alpha value is -1.50. The molecule has 0 saturated heterocycles. The second-order valence-corrected chi connectivity index (χ2v) is 5.45. The van der Waals surface area contributed by atoms with E-state index in [9.17, 15) is 9.59 Å². The Bertz CT molecular complexity index is 455. The molecule has 7 heteroatoms. The predicted octanol–water partition coefficient (Wildman–Crippen LogP) is 2.23. The number of carbonyl (C=O) groups excluding carboxylic acids is 2. The Labute approximate surface area is 115 Å². The van der Waals surface area contributed by atoms with Gasteiger partial charge in [-0.1, -0.05) is 23.8 Å². The van der Waals surface area contributed by atoms with E-state index in [1.54, 1.807) is 0 Å². The fraction of sp³-hybridized carbons (Fsp3) is 0.667. The number of nitrogens with zero attached hydrogens (tertiary/aromatic N) is 2. The number of rotatable bonds is 4. The summed E-state index contributed by atoms with van der Waals surface area (Å²) >= 11 is 0.990. The molecule has 2 rings (SSSR count). The monoisotopic (exact) mass is 283 g/mol. The molecule has 1 aromatic rings. The molecule has 6 nitrogen and oxygen atoms in total. The van der Waals surface area contributed by atoms with Gasteiger partial charge in [-0.2, -0.15) is 0 Å². The van der Waals surface area contributed by atoms with Crippen molar-refractivity contribution in [3.05, 3.63) is 5.69 Å². The Morgan fingerprint density at radius 3 is 2.79 bits per heavy atom. The Balaban J connectivity index is 1.91. The number of hydrogen-bond donors (Lipinski definition) is 1. The van der Waals surface area contributed by atoms with Crippen LogP contribution in [0.5, 0.6) is 0 Å². The third-order valence-corrected chi connectivity index (χ3v) is 3.96. The highest BCUT2D eigenvalue weighted by molar-refractivity contribution is 7.10. The first kappa shape index (κ1) is 13.9. The summed E-state index contributed by atoms with van der Waals surface area (Å²) in [6.07, 6.45) is 6.39. The summed E-state index contributed by atoms with van der Waals surface area (Å²) in [7, 11) is 1.27. The SMILES string of the molecule is COC(=O)c1nnsc1NC(=O)CC1CCCCC1. The van der Waals surface area contributed by atoms with Gasteiger partial charge in [-0.3, -0.25) is 4.79 Å². The van der Waals surface area contributed by atoms with E-state index in [1.807, 2.05) is 0 Å². The highest BCUT2D eigenvalue weighted by atomic mass is 32.1. The molecule has 1 aliphatic carbocycles. The molecule has 1 N–H and O–H groups in total. The van der Waals surface area contributed by atoms with E-state index in [0.717, 1.165) is 24.4 Å². The van der Waals surface area contributed by atoms with Crippen LogP contribution in [0.4, 0.5) is 5.00 Å². The molecule has 104 valence electrons. The lowest BCUT2D eigenvalue weighted by Crippen LogP contribution is -2.19. The van der Waals surface area contributed by atoms with Crippen LogP contribution >= 0.6 is 11.5 Å².